The fourth-order valence-corrected chi connectivity index (χ4v) is 2.55. The van der Waals surface area contributed by atoms with Crippen molar-refractivity contribution < 1.29 is 4.39 Å². The van der Waals surface area contributed by atoms with Gasteiger partial charge in [-0.1, -0.05) is 24.6 Å². The molecule has 0 atom stereocenters. The summed E-state index contributed by atoms with van der Waals surface area (Å²) in [5.41, 5.74) is 9.21. The van der Waals surface area contributed by atoms with Crippen LogP contribution in [-0.2, 0) is 13.0 Å². The average molecular weight is 305 g/mol. The first-order chi connectivity index (χ1) is 10.1. The van der Waals surface area contributed by atoms with Gasteiger partial charge < -0.3 is 10.3 Å². The molecular weight excluding hydrogens is 291 g/mol. The highest BCUT2D eigenvalue weighted by Crippen LogP contribution is 2.25. The van der Waals surface area contributed by atoms with E-state index in [0.717, 1.165) is 17.7 Å². The Labute approximate surface area is 126 Å². The summed E-state index contributed by atoms with van der Waals surface area (Å²) >= 11 is 5.86. The number of halogens is 2. The third-order valence-corrected chi connectivity index (χ3v) is 3.78. The van der Waals surface area contributed by atoms with Crippen molar-refractivity contribution in [3.63, 3.8) is 0 Å². The van der Waals surface area contributed by atoms with E-state index in [-0.39, 0.29) is 5.02 Å². The van der Waals surface area contributed by atoms with Crippen LogP contribution < -0.4 is 5.73 Å². The van der Waals surface area contributed by atoms with Crippen molar-refractivity contribution in [2.45, 2.75) is 19.9 Å². The van der Waals surface area contributed by atoms with Crippen LogP contribution in [0.15, 0.2) is 30.5 Å². The Morgan fingerprint density at radius 1 is 1.38 bits per heavy atom. The van der Waals surface area contributed by atoms with Crippen molar-refractivity contribution in [1.29, 1.82) is 0 Å². The minimum absolute atomic E-state index is 0.0559. The van der Waals surface area contributed by atoms with E-state index in [1.165, 1.54) is 6.07 Å². The lowest BCUT2D eigenvalue weighted by Crippen LogP contribution is -2.08. The molecule has 0 amide bonds. The number of anilines is 1. The molecule has 0 aliphatic carbocycles. The Hall–Kier alpha value is -2.14. The van der Waals surface area contributed by atoms with Crippen LogP contribution in [0.5, 0.6) is 0 Å². The normalized spacial score (nSPS) is 11.2. The van der Waals surface area contributed by atoms with Crippen LogP contribution in [0, 0.1) is 5.82 Å². The molecule has 0 saturated carbocycles. The van der Waals surface area contributed by atoms with Gasteiger partial charge in [0, 0.05) is 12.3 Å². The SMILES string of the molecule is CCc1cccnc1Cn1c(N)nc2cc(F)c(Cl)cc21. The van der Waals surface area contributed by atoms with Crippen molar-refractivity contribution >= 4 is 28.6 Å². The Morgan fingerprint density at radius 3 is 2.95 bits per heavy atom. The zero-order valence-electron chi connectivity index (χ0n) is 11.5. The van der Waals surface area contributed by atoms with Crippen molar-refractivity contribution in [2.75, 3.05) is 5.73 Å². The maximum atomic E-state index is 13.5. The van der Waals surface area contributed by atoms with Crippen molar-refractivity contribution in [3.05, 3.63) is 52.6 Å². The molecule has 0 unspecified atom stereocenters. The van der Waals surface area contributed by atoms with Gasteiger partial charge in [0.1, 0.15) is 5.82 Å². The molecule has 4 nitrogen and oxygen atoms in total. The van der Waals surface area contributed by atoms with Gasteiger partial charge in [-0.15, -0.1) is 0 Å². The van der Waals surface area contributed by atoms with Crippen LogP contribution >= 0.6 is 11.6 Å². The lowest BCUT2D eigenvalue weighted by molar-refractivity contribution is 0.629. The smallest absolute Gasteiger partial charge is 0.201 e. The fraction of sp³-hybridized carbons (Fsp3) is 0.200. The molecule has 2 aromatic heterocycles. The highest BCUT2D eigenvalue weighted by molar-refractivity contribution is 6.31. The van der Waals surface area contributed by atoms with Gasteiger partial charge in [0.15, 0.2) is 0 Å². The minimum Gasteiger partial charge on any atom is -0.369 e. The fourth-order valence-electron chi connectivity index (χ4n) is 2.39. The van der Waals surface area contributed by atoms with Gasteiger partial charge >= 0.3 is 0 Å². The predicted octanol–water partition coefficient (Wildman–Crippen LogP) is 3.42. The maximum Gasteiger partial charge on any atom is 0.201 e. The van der Waals surface area contributed by atoms with E-state index in [9.17, 15) is 4.39 Å². The summed E-state index contributed by atoms with van der Waals surface area (Å²) in [5.74, 6) is -0.180. The third-order valence-electron chi connectivity index (χ3n) is 3.49. The second kappa shape index (κ2) is 5.33. The second-order valence-corrected chi connectivity index (χ2v) is 5.18. The topological polar surface area (TPSA) is 56.7 Å². The van der Waals surface area contributed by atoms with Crippen molar-refractivity contribution in [2.24, 2.45) is 0 Å². The van der Waals surface area contributed by atoms with Crippen LogP contribution in [-0.4, -0.2) is 14.5 Å². The number of hydrogen-bond acceptors (Lipinski definition) is 3. The molecular formula is C15H14ClFN4. The standard InChI is InChI=1S/C15H14ClFN4/c1-2-9-4-3-5-19-13(9)8-21-14-6-10(16)11(17)7-12(14)20-15(21)18/h3-7H,2,8H2,1H3,(H2,18,20). The van der Waals surface area contributed by atoms with Gasteiger partial charge in [0.2, 0.25) is 5.95 Å². The molecule has 0 radical (unpaired) electrons. The first kappa shape index (κ1) is 13.8. The zero-order valence-corrected chi connectivity index (χ0v) is 12.2. The Balaban J connectivity index is 2.12. The first-order valence-corrected chi connectivity index (χ1v) is 7.01. The van der Waals surface area contributed by atoms with Crippen LogP contribution in [0.1, 0.15) is 18.2 Å². The van der Waals surface area contributed by atoms with Gasteiger partial charge in [-0.25, -0.2) is 9.37 Å². The number of pyridine rings is 1. The lowest BCUT2D eigenvalue weighted by Gasteiger charge is -2.09. The number of aromatic nitrogens is 3. The molecule has 1 aromatic carbocycles. The molecule has 0 saturated heterocycles. The first-order valence-electron chi connectivity index (χ1n) is 6.63. The number of nitrogens with zero attached hydrogens (tertiary/aromatic N) is 3. The quantitative estimate of drug-likeness (QED) is 0.806. The molecule has 2 heterocycles. The number of rotatable bonds is 3. The molecule has 2 N–H and O–H groups in total. The summed E-state index contributed by atoms with van der Waals surface area (Å²) in [5, 5.41) is 0.0559. The highest BCUT2D eigenvalue weighted by Gasteiger charge is 2.13. The molecule has 0 aliphatic heterocycles. The molecule has 0 spiro atoms. The molecule has 6 heteroatoms. The predicted molar refractivity (Wildman–Crippen MR) is 81.8 cm³/mol. The summed E-state index contributed by atoms with van der Waals surface area (Å²) in [6.45, 7) is 2.55. The molecule has 21 heavy (non-hydrogen) atoms. The minimum atomic E-state index is -0.499. The summed E-state index contributed by atoms with van der Waals surface area (Å²) in [6.07, 6.45) is 2.63. The van der Waals surface area contributed by atoms with Crippen LogP contribution in [0.4, 0.5) is 10.3 Å². The monoisotopic (exact) mass is 304 g/mol. The van der Waals surface area contributed by atoms with Gasteiger partial charge in [0.25, 0.3) is 0 Å². The van der Waals surface area contributed by atoms with Crippen molar-refractivity contribution in [1.82, 2.24) is 14.5 Å². The third kappa shape index (κ3) is 2.45. The number of imidazole rings is 1. The van der Waals surface area contributed by atoms with Gasteiger partial charge in [0.05, 0.1) is 28.3 Å². The lowest BCUT2D eigenvalue weighted by atomic mass is 10.1. The number of aryl methyl sites for hydroxylation is 1. The maximum absolute atomic E-state index is 13.5. The average Bonchev–Trinajstić information content (AvgIpc) is 2.76. The van der Waals surface area contributed by atoms with E-state index in [1.807, 2.05) is 12.1 Å². The number of benzene rings is 1. The molecule has 0 aliphatic rings. The molecule has 108 valence electrons. The number of fused-ring (bicyclic) bond motifs is 1. The van der Waals surface area contributed by atoms with E-state index < -0.39 is 5.82 Å². The number of nitrogens with two attached hydrogens (primary N) is 1. The summed E-state index contributed by atoms with van der Waals surface area (Å²) in [7, 11) is 0. The van der Waals surface area contributed by atoms with Crippen molar-refractivity contribution in [3.8, 4) is 0 Å². The van der Waals surface area contributed by atoms with E-state index in [1.54, 1.807) is 16.8 Å². The van der Waals surface area contributed by atoms with Gasteiger partial charge in [-0.2, -0.15) is 0 Å². The molecule has 0 bridgehead atoms. The van der Waals surface area contributed by atoms with E-state index in [0.29, 0.717) is 23.5 Å². The largest absolute Gasteiger partial charge is 0.369 e. The molecule has 0 fully saturated rings. The second-order valence-electron chi connectivity index (χ2n) is 4.77. The molecule has 3 rings (SSSR count). The molecule has 3 aromatic rings. The Morgan fingerprint density at radius 2 is 2.19 bits per heavy atom. The van der Waals surface area contributed by atoms with E-state index in [2.05, 4.69) is 16.9 Å². The number of hydrogen-bond donors (Lipinski definition) is 1. The van der Waals surface area contributed by atoms with Gasteiger partial charge in [-0.3, -0.25) is 4.98 Å². The summed E-state index contributed by atoms with van der Waals surface area (Å²) in [6, 6.07) is 6.78. The summed E-state index contributed by atoms with van der Waals surface area (Å²) in [4.78, 5) is 8.58. The van der Waals surface area contributed by atoms with E-state index >= 15 is 0 Å². The Bertz CT molecular complexity index is 813. The number of nitrogen functional groups attached to an aromatic ring is 1. The summed E-state index contributed by atoms with van der Waals surface area (Å²) < 4.78 is 15.3. The Kier molecular flexibility index (Phi) is 3.51. The van der Waals surface area contributed by atoms with Crippen LogP contribution in [0.25, 0.3) is 11.0 Å². The van der Waals surface area contributed by atoms with Crippen LogP contribution in [0.2, 0.25) is 5.02 Å². The van der Waals surface area contributed by atoms with E-state index in [4.69, 9.17) is 17.3 Å². The van der Waals surface area contributed by atoms with Crippen LogP contribution in [0.3, 0.4) is 0 Å². The highest BCUT2D eigenvalue weighted by atomic mass is 35.5. The van der Waals surface area contributed by atoms with Gasteiger partial charge in [-0.05, 0) is 24.1 Å². The zero-order chi connectivity index (χ0) is 15.0.